The number of nitrogens with one attached hydrogen (secondary N) is 1. The monoisotopic (exact) mass is 424 g/mol. The normalized spacial score (nSPS) is 11.3. The SMILES string of the molecule is Cc1cc2nc(/C(C#N)=C\c3ccccc3OCc3ccc([N+](=O)[O-])cc3)[nH]c2cc1C. The third-order valence-corrected chi connectivity index (χ3v) is 5.23. The predicted molar refractivity (Wildman–Crippen MR) is 123 cm³/mol. The van der Waals surface area contributed by atoms with Crippen molar-refractivity contribution in [2.24, 2.45) is 0 Å². The summed E-state index contributed by atoms with van der Waals surface area (Å²) in [5.41, 5.74) is 5.95. The fraction of sp³-hybridized carbons (Fsp3) is 0.120. The minimum Gasteiger partial charge on any atom is -0.488 e. The molecule has 0 radical (unpaired) electrons. The number of nitro benzene ring substituents is 1. The van der Waals surface area contributed by atoms with E-state index in [4.69, 9.17) is 4.74 Å². The van der Waals surface area contributed by atoms with Crippen molar-refractivity contribution in [3.63, 3.8) is 0 Å². The lowest BCUT2D eigenvalue weighted by atomic mass is 10.1. The minimum absolute atomic E-state index is 0.0342. The molecule has 7 nitrogen and oxygen atoms in total. The molecule has 0 saturated heterocycles. The number of para-hydroxylation sites is 1. The molecule has 0 saturated carbocycles. The molecule has 4 aromatic rings. The van der Waals surface area contributed by atoms with Crippen molar-refractivity contribution in [3.8, 4) is 11.8 Å². The first-order chi connectivity index (χ1) is 15.4. The molecule has 0 unspecified atom stereocenters. The quantitative estimate of drug-likeness (QED) is 0.242. The Balaban J connectivity index is 1.60. The summed E-state index contributed by atoms with van der Waals surface area (Å²) < 4.78 is 5.94. The zero-order chi connectivity index (χ0) is 22.7. The van der Waals surface area contributed by atoms with E-state index in [0.717, 1.165) is 33.3 Å². The summed E-state index contributed by atoms with van der Waals surface area (Å²) in [4.78, 5) is 18.2. The van der Waals surface area contributed by atoms with Gasteiger partial charge in [-0.25, -0.2) is 4.98 Å². The van der Waals surface area contributed by atoms with Crippen LogP contribution >= 0.6 is 0 Å². The maximum absolute atomic E-state index is 10.8. The molecule has 3 aromatic carbocycles. The molecule has 4 rings (SSSR count). The van der Waals surface area contributed by atoms with Crippen molar-refractivity contribution in [1.29, 1.82) is 5.26 Å². The van der Waals surface area contributed by atoms with E-state index >= 15 is 0 Å². The minimum atomic E-state index is -0.436. The fourth-order valence-electron chi connectivity index (χ4n) is 3.31. The Hall–Kier alpha value is -4.44. The molecule has 158 valence electrons. The number of nitriles is 1. The Morgan fingerprint density at radius 2 is 1.88 bits per heavy atom. The number of nitrogens with zero attached hydrogens (tertiary/aromatic N) is 3. The summed E-state index contributed by atoms with van der Waals surface area (Å²) >= 11 is 0. The number of benzene rings is 3. The van der Waals surface area contributed by atoms with E-state index in [1.807, 2.05) is 50.2 Å². The van der Waals surface area contributed by atoms with Gasteiger partial charge in [-0.1, -0.05) is 18.2 Å². The summed E-state index contributed by atoms with van der Waals surface area (Å²) in [6, 6.07) is 19.9. The van der Waals surface area contributed by atoms with E-state index in [9.17, 15) is 15.4 Å². The van der Waals surface area contributed by atoms with Crippen LogP contribution in [-0.4, -0.2) is 14.9 Å². The van der Waals surface area contributed by atoms with Gasteiger partial charge < -0.3 is 9.72 Å². The molecule has 0 aliphatic heterocycles. The summed E-state index contributed by atoms with van der Waals surface area (Å²) in [6.45, 7) is 4.31. The number of hydrogen-bond donors (Lipinski definition) is 1. The van der Waals surface area contributed by atoms with Crippen LogP contribution in [0.4, 0.5) is 5.69 Å². The van der Waals surface area contributed by atoms with Crippen molar-refractivity contribution < 1.29 is 9.66 Å². The van der Waals surface area contributed by atoms with E-state index in [-0.39, 0.29) is 12.3 Å². The van der Waals surface area contributed by atoms with E-state index in [2.05, 4.69) is 16.0 Å². The van der Waals surface area contributed by atoms with E-state index in [1.54, 1.807) is 18.2 Å². The van der Waals surface area contributed by atoms with E-state index in [1.165, 1.54) is 12.1 Å². The molecule has 0 aliphatic carbocycles. The first kappa shape index (κ1) is 20.8. The highest BCUT2D eigenvalue weighted by molar-refractivity contribution is 5.91. The van der Waals surface area contributed by atoms with Gasteiger partial charge in [-0.2, -0.15) is 5.26 Å². The second-order valence-electron chi connectivity index (χ2n) is 7.46. The van der Waals surface area contributed by atoms with Crippen molar-refractivity contribution in [3.05, 3.63) is 98.9 Å². The van der Waals surface area contributed by atoms with Gasteiger partial charge in [-0.3, -0.25) is 10.1 Å². The van der Waals surface area contributed by atoms with E-state index < -0.39 is 4.92 Å². The number of ether oxygens (including phenoxy) is 1. The third-order valence-electron chi connectivity index (χ3n) is 5.23. The van der Waals surface area contributed by atoms with Gasteiger partial charge in [0.25, 0.3) is 5.69 Å². The van der Waals surface area contributed by atoms with Crippen LogP contribution in [0.15, 0.2) is 60.7 Å². The lowest BCUT2D eigenvalue weighted by Gasteiger charge is -2.09. The number of fused-ring (bicyclic) bond motifs is 1. The van der Waals surface area contributed by atoms with Crippen molar-refractivity contribution >= 4 is 28.4 Å². The standard InChI is InChI=1S/C25H20N4O3/c1-16-11-22-23(12-17(16)2)28-25(27-22)20(14-26)13-19-5-3-4-6-24(19)32-15-18-7-9-21(10-8-18)29(30)31/h3-13H,15H2,1-2H3,(H,27,28)/b20-13-. The number of hydrogen-bond acceptors (Lipinski definition) is 5. The maximum atomic E-state index is 10.8. The fourth-order valence-corrected chi connectivity index (χ4v) is 3.31. The van der Waals surface area contributed by atoms with Gasteiger partial charge in [0.15, 0.2) is 0 Å². The van der Waals surface area contributed by atoms with Crippen molar-refractivity contribution in [2.75, 3.05) is 0 Å². The van der Waals surface area contributed by atoms with Gasteiger partial charge in [0.2, 0.25) is 0 Å². The van der Waals surface area contributed by atoms with Crippen molar-refractivity contribution in [1.82, 2.24) is 9.97 Å². The number of aromatic nitrogens is 2. The average molecular weight is 424 g/mol. The predicted octanol–water partition coefficient (Wildman–Crippen LogP) is 5.73. The Morgan fingerprint density at radius 3 is 2.59 bits per heavy atom. The number of aromatic amines is 1. The molecule has 0 spiro atoms. The van der Waals surface area contributed by atoms with E-state index in [0.29, 0.717) is 17.1 Å². The second kappa shape index (κ2) is 8.74. The van der Waals surface area contributed by atoms with Gasteiger partial charge in [-0.05, 0) is 66.9 Å². The number of H-pyrrole nitrogens is 1. The van der Waals surface area contributed by atoms with Crippen LogP contribution < -0.4 is 4.74 Å². The highest BCUT2D eigenvalue weighted by atomic mass is 16.6. The van der Waals surface area contributed by atoms with Crippen molar-refractivity contribution in [2.45, 2.75) is 20.5 Å². The van der Waals surface area contributed by atoms with Gasteiger partial charge in [0.05, 0.1) is 21.5 Å². The number of allylic oxidation sites excluding steroid dienone is 1. The number of nitro groups is 1. The molecule has 0 fully saturated rings. The van der Waals surface area contributed by atoms with Gasteiger partial charge in [-0.15, -0.1) is 0 Å². The lowest BCUT2D eigenvalue weighted by Crippen LogP contribution is -1.98. The molecular weight excluding hydrogens is 404 g/mol. The third kappa shape index (κ3) is 4.35. The number of aryl methyl sites for hydroxylation is 2. The molecule has 1 heterocycles. The Labute approximate surface area is 184 Å². The molecule has 7 heteroatoms. The molecule has 1 N–H and O–H groups in total. The Kier molecular flexibility index (Phi) is 5.69. The maximum Gasteiger partial charge on any atom is 0.269 e. The zero-order valence-corrected chi connectivity index (χ0v) is 17.6. The van der Waals surface area contributed by atoms with Crippen LogP contribution in [0.3, 0.4) is 0 Å². The second-order valence-corrected chi connectivity index (χ2v) is 7.46. The largest absolute Gasteiger partial charge is 0.488 e. The molecular formula is C25H20N4O3. The topological polar surface area (TPSA) is 105 Å². The van der Waals surface area contributed by atoms with Gasteiger partial charge in [0, 0.05) is 17.7 Å². The zero-order valence-electron chi connectivity index (χ0n) is 17.6. The summed E-state index contributed by atoms with van der Waals surface area (Å²) in [7, 11) is 0. The summed E-state index contributed by atoms with van der Waals surface area (Å²) in [6.07, 6.45) is 1.74. The first-order valence-corrected chi connectivity index (χ1v) is 9.99. The smallest absolute Gasteiger partial charge is 0.269 e. The Bertz CT molecular complexity index is 1340. The molecule has 1 aromatic heterocycles. The lowest BCUT2D eigenvalue weighted by molar-refractivity contribution is -0.384. The molecule has 0 amide bonds. The number of imidazole rings is 1. The first-order valence-electron chi connectivity index (χ1n) is 9.99. The molecule has 0 atom stereocenters. The number of rotatable bonds is 6. The highest BCUT2D eigenvalue weighted by Crippen LogP contribution is 2.26. The van der Waals surface area contributed by atoms with Crippen LogP contribution in [0.25, 0.3) is 22.7 Å². The van der Waals surface area contributed by atoms with Crippen LogP contribution in [0, 0.1) is 35.3 Å². The number of non-ortho nitro benzene ring substituents is 1. The Morgan fingerprint density at radius 1 is 1.16 bits per heavy atom. The van der Waals surface area contributed by atoms with Gasteiger partial charge in [0.1, 0.15) is 24.3 Å². The summed E-state index contributed by atoms with van der Waals surface area (Å²) in [5, 5.41) is 20.6. The van der Waals surface area contributed by atoms with Crippen LogP contribution in [0.5, 0.6) is 5.75 Å². The van der Waals surface area contributed by atoms with Crippen LogP contribution in [-0.2, 0) is 6.61 Å². The highest BCUT2D eigenvalue weighted by Gasteiger charge is 2.11. The molecule has 0 aliphatic rings. The molecule has 32 heavy (non-hydrogen) atoms. The van der Waals surface area contributed by atoms with Gasteiger partial charge >= 0.3 is 0 Å². The van der Waals surface area contributed by atoms with Crippen LogP contribution in [0.1, 0.15) is 28.1 Å². The van der Waals surface area contributed by atoms with Crippen LogP contribution in [0.2, 0.25) is 0 Å². The average Bonchev–Trinajstić information content (AvgIpc) is 3.19. The summed E-state index contributed by atoms with van der Waals surface area (Å²) in [5.74, 6) is 1.10. The molecule has 0 bridgehead atoms.